The molecule has 2 fully saturated rings. The van der Waals surface area contributed by atoms with E-state index in [1.165, 1.54) is 239 Å². The number of aliphatic hydroxyl groups is 4. The van der Waals surface area contributed by atoms with Crippen LogP contribution >= 0.6 is 15.6 Å². The van der Waals surface area contributed by atoms with Crippen molar-refractivity contribution in [3.63, 3.8) is 0 Å². The highest BCUT2D eigenvalue weighted by Gasteiger charge is 2.59. The van der Waals surface area contributed by atoms with Gasteiger partial charge < -0.3 is 74.8 Å². The summed E-state index contributed by atoms with van der Waals surface area (Å²) in [4.78, 5) is 21.3. The molecule has 0 amide bonds. The number of rotatable bonds is 58. The number of phosphoric ester groups is 2. The topological polar surface area (TPSA) is 439 Å². The van der Waals surface area contributed by atoms with E-state index in [2.05, 4.69) is 24.0 Å². The maximum atomic E-state index is 14.1. The molecule has 117 heavy (non-hydrogen) atoms. The van der Waals surface area contributed by atoms with E-state index in [1.54, 1.807) is 24.3 Å². The molecule has 2 unspecified atom stereocenters. The zero-order chi connectivity index (χ0) is 84.5. The quantitative estimate of drug-likeness (QED) is 0.0130. The van der Waals surface area contributed by atoms with Gasteiger partial charge in [0, 0.05) is 31.1 Å². The monoisotopic (exact) mass is 1670 g/mol. The van der Waals surface area contributed by atoms with Crippen LogP contribution in [-0.4, -0.2) is 152 Å². The molecular weight excluding hydrogens is 1550 g/mol. The van der Waals surface area contributed by atoms with Crippen LogP contribution in [0.25, 0.3) is 11.0 Å². The summed E-state index contributed by atoms with van der Waals surface area (Å²) in [5.41, 5.74) is 10.4. The molecule has 646 valence electrons. The van der Waals surface area contributed by atoms with Crippen LogP contribution in [-0.2, 0) is 64.0 Å². The van der Waals surface area contributed by atoms with Gasteiger partial charge in [-0.2, -0.15) is 31.2 Å². The number of unbranched alkanes of at least 4 members (excludes halogenated alkanes) is 31. The summed E-state index contributed by atoms with van der Waals surface area (Å²) in [7, 11) is -6.81. The predicted octanol–water partition coefficient (Wildman–Crippen LogP) is 16.0. The molecule has 6 aromatic rings. The largest absolute Gasteiger partial charge is 0.495 e. The van der Waals surface area contributed by atoms with Crippen LogP contribution in [0.4, 0.5) is 15.8 Å². The van der Waals surface area contributed by atoms with Crippen LogP contribution in [0.1, 0.15) is 260 Å². The minimum absolute atomic E-state index is 0.0193. The van der Waals surface area contributed by atoms with Crippen molar-refractivity contribution in [1.82, 2.24) is 19.2 Å². The van der Waals surface area contributed by atoms with E-state index in [1.807, 2.05) is 24.3 Å². The third-order valence-corrected chi connectivity index (χ3v) is 23.3. The number of nitrogen functional groups attached to an aromatic ring is 2. The van der Waals surface area contributed by atoms with Crippen molar-refractivity contribution in [1.29, 1.82) is 21.0 Å². The summed E-state index contributed by atoms with van der Waals surface area (Å²) in [6.45, 7) is 2.64. The van der Waals surface area contributed by atoms with Gasteiger partial charge in [-0.25, -0.2) is 22.6 Å². The zero-order valence-corrected chi connectivity index (χ0v) is 70.4. The van der Waals surface area contributed by atoms with Crippen molar-refractivity contribution in [2.24, 2.45) is 0 Å². The van der Waals surface area contributed by atoms with E-state index < -0.39 is 101 Å². The van der Waals surface area contributed by atoms with E-state index in [4.69, 9.17) is 62.7 Å². The van der Waals surface area contributed by atoms with Gasteiger partial charge in [-0.3, -0.25) is 18.1 Å². The number of nitrogens with zero attached hydrogens (tertiary/aromatic N) is 8. The number of aromatic nitrogens is 4. The van der Waals surface area contributed by atoms with Crippen LogP contribution < -0.4 is 25.7 Å². The molecule has 32 heteroatoms. The van der Waals surface area contributed by atoms with Crippen molar-refractivity contribution in [2.75, 3.05) is 65.3 Å². The highest BCUT2D eigenvalue weighted by Crippen LogP contribution is 2.49. The van der Waals surface area contributed by atoms with Crippen LogP contribution in [0.2, 0.25) is 0 Å². The summed E-state index contributed by atoms with van der Waals surface area (Å²) in [6.07, 6.45) is 33.1. The fourth-order valence-electron chi connectivity index (χ4n) is 14.7. The Morgan fingerprint density at radius 1 is 0.521 bits per heavy atom. The highest BCUT2D eigenvalue weighted by atomic mass is 31.2. The maximum Gasteiger partial charge on any atom is 0.472 e. The Bertz CT molecular complexity index is 4180. The molecule has 10 N–H and O–H groups in total. The van der Waals surface area contributed by atoms with Gasteiger partial charge >= 0.3 is 15.6 Å². The van der Waals surface area contributed by atoms with E-state index in [0.29, 0.717) is 41.0 Å². The fraction of sp³-hybridized carbons (Fsp3) is 0.647. The first-order valence-corrected chi connectivity index (χ1v) is 44.9. The van der Waals surface area contributed by atoms with Gasteiger partial charge in [0.2, 0.25) is 11.2 Å². The summed E-state index contributed by atoms with van der Waals surface area (Å²) < 4.78 is 104. The third kappa shape index (κ3) is 30.1. The van der Waals surface area contributed by atoms with Gasteiger partial charge in [0.25, 0.3) is 0 Å². The molecule has 0 radical (unpaired) electrons. The van der Waals surface area contributed by atoms with E-state index in [9.17, 15) is 64.8 Å². The fourth-order valence-corrected chi connectivity index (χ4v) is 16.2. The van der Waals surface area contributed by atoms with Crippen LogP contribution in [0.5, 0.6) is 17.2 Å². The van der Waals surface area contributed by atoms with Crippen molar-refractivity contribution >= 4 is 38.1 Å². The second-order valence-corrected chi connectivity index (χ2v) is 33.3. The third-order valence-electron chi connectivity index (χ3n) is 21.4. The molecule has 0 spiro atoms. The molecule has 6 heterocycles. The van der Waals surface area contributed by atoms with Crippen molar-refractivity contribution < 1.29 is 95.0 Å². The first-order chi connectivity index (χ1) is 56.6. The van der Waals surface area contributed by atoms with Gasteiger partial charge in [0.15, 0.2) is 0 Å². The number of halogens is 1. The first kappa shape index (κ1) is 96.7. The number of nitrogens with two attached hydrogens (primary N) is 2. The number of hydrogen-bond donors (Lipinski definition) is 8. The average molecular weight is 1670 g/mol. The Kier molecular flexibility index (Phi) is 42.4. The second kappa shape index (κ2) is 51.3. The van der Waals surface area contributed by atoms with Crippen LogP contribution in [0, 0.1) is 51.1 Å². The Labute approximate surface area is 688 Å². The lowest BCUT2D eigenvalue weighted by Crippen LogP contribution is -2.41. The van der Waals surface area contributed by atoms with Crippen LogP contribution in [0.3, 0.4) is 0 Å². The molecular formula is C85H125FN10O19P2. The predicted molar refractivity (Wildman–Crippen MR) is 439 cm³/mol. The number of benzene rings is 2. The molecule has 2 aromatic carbocycles. The number of hydrogen-bond acceptors (Lipinski definition) is 25. The number of anilines is 2. The van der Waals surface area contributed by atoms with Gasteiger partial charge in [0.1, 0.15) is 89.6 Å². The number of phosphoric acid groups is 2. The SMILES string of the molecule is CCCCCCCCCCCCCCCCCCC[C@H](COP(=O)(O)OC[C@H]1O[C@@](C#N)(c2ccc3c(N)ccnn23)[C@H](O)[C@@H]1O)OCc1cc(F)cc(C#N)c1.CCCCCCCCCCCCCCCCCCOC[C@H](COP(=O)(O)OC[C@H]1O[C@@](C#N)(c2ccc3c(N)ccnn23)[C@H](O)[C@@H]1O)Oc1cc(OC)c(C#N)c(OC)c1. The Hall–Kier alpha value is -7.39. The zero-order valence-electron chi connectivity index (χ0n) is 68.6. The molecule has 0 aliphatic carbocycles. The Balaban J connectivity index is 0.000000324. The van der Waals surface area contributed by atoms with E-state index >= 15 is 0 Å². The molecule has 29 nitrogen and oxygen atoms in total. The second-order valence-electron chi connectivity index (χ2n) is 30.4. The van der Waals surface area contributed by atoms with E-state index in [-0.39, 0.29) is 59.6 Å². The lowest BCUT2D eigenvalue weighted by Gasteiger charge is -2.24. The van der Waals surface area contributed by atoms with Crippen molar-refractivity contribution in [2.45, 2.75) is 299 Å². The molecule has 2 aliphatic heterocycles. The molecule has 0 bridgehead atoms. The minimum Gasteiger partial charge on any atom is -0.495 e. The maximum absolute atomic E-state index is 14.1. The first-order valence-electron chi connectivity index (χ1n) is 41.9. The van der Waals surface area contributed by atoms with Gasteiger partial charge in [-0.1, -0.05) is 219 Å². The molecule has 0 saturated carbocycles. The lowest BCUT2D eigenvalue weighted by atomic mass is 9.92. The van der Waals surface area contributed by atoms with Gasteiger partial charge in [0.05, 0.1) is 105 Å². The Morgan fingerprint density at radius 3 is 1.32 bits per heavy atom. The van der Waals surface area contributed by atoms with Crippen molar-refractivity contribution in [3.8, 4) is 41.5 Å². The molecule has 8 rings (SSSR count). The number of nitriles is 4. The molecule has 4 aromatic heterocycles. The number of ether oxygens (including phenoxy) is 7. The number of methoxy groups -OCH3 is 2. The van der Waals surface area contributed by atoms with Crippen molar-refractivity contribution in [3.05, 3.63) is 113 Å². The Morgan fingerprint density at radius 2 is 0.923 bits per heavy atom. The lowest BCUT2D eigenvalue weighted by molar-refractivity contribution is -0.0658. The normalized spacial score (nSPS) is 20.7. The molecule has 2 saturated heterocycles. The molecule has 2 aliphatic rings. The van der Waals surface area contributed by atoms with Gasteiger partial charge in [-0.05, 0) is 73.0 Å². The number of fused-ring (bicyclic) bond motifs is 2. The van der Waals surface area contributed by atoms with Crippen LogP contribution in [0.15, 0.2) is 79.1 Å². The summed E-state index contributed by atoms with van der Waals surface area (Å²) in [5, 5.41) is 91.3. The standard InChI is InChI=1S/C43H64N5O11P.C42H61FN5O8P/c1-4-5-6-7-8-9-10-11-12-13-14-15-16-17-18-19-24-55-28-33(58-32-25-37(53-2)34(27-44)38(26-32)54-3)29-56-60(51,52)57-30-39-41(49)42(50)43(31-45,59-39)40-21-20-36-35(46)22-23-47-48(36)40;1-2-3-4-5-6-7-8-9-10-11-12-13-14-15-16-17-18-19-35(53-28-33-24-32(27-44)25-34(43)26-33)29-54-57(51,52)55-30-38-40(49)41(50)42(31-45,56-38)39-21-20-37-36(46)22-23-47-48(37)39/h20-23,25-26,33,39,41-42,49-50H,4-19,24,28-30,46H2,1-3H3,(H,51,52);20-26,35,38,40-41,49-50H,2-19,28-30,46H2,1H3,(H,51,52)/t33-,39-,41-,42-,43+;35-,38-,40-,41-,42+/m11/s1. The van der Waals surface area contributed by atoms with Gasteiger partial charge in [-0.15, -0.1) is 0 Å². The number of aliphatic hydroxyl groups excluding tert-OH is 4. The summed E-state index contributed by atoms with van der Waals surface area (Å²) in [5.74, 6) is 0.0635. The minimum atomic E-state index is -4.85. The smallest absolute Gasteiger partial charge is 0.472 e. The molecule has 12 atom stereocenters. The summed E-state index contributed by atoms with van der Waals surface area (Å²) >= 11 is 0. The average Bonchev–Trinajstić information content (AvgIpc) is 1.59. The summed E-state index contributed by atoms with van der Waals surface area (Å²) in [6, 6.07) is 24.0. The highest BCUT2D eigenvalue weighted by molar-refractivity contribution is 7.47. The van der Waals surface area contributed by atoms with E-state index in [0.717, 1.165) is 51.0 Å².